The third-order valence-electron chi connectivity index (χ3n) is 3.71. The fourth-order valence-corrected chi connectivity index (χ4v) is 4.77. The van der Waals surface area contributed by atoms with E-state index in [-0.39, 0.29) is 4.21 Å². The minimum atomic E-state index is -3.63. The average molecular weight is 405 g/mol. The van der Waals surface area contributed by atoms with Crippen molar-refractivity contribution in [1.82, 2.24) is 15.0 Å². The van der Waals surface area contributed by atoms with Gasteiger partial charge in [-0.05, 0) is 48.2 Å². The monoisotopic (exact) mass is 404 g/mol. The van der Waals surface area contributed by atoms with Crippen molar-refractivity contribution in [3.05, 3.63) is 58.6 Å². The highest BCUT2D eigenvalue weighted by Crippen LogP contribution is 2.31. The molecule has 0 radical (unpaired) electrons. The summed E-state index contributed by atoms with van der Waals surface area (Å²) < 4.78 is 27.6. The largest absolute Gasteiger partial charge is 0.337 e. The maximum absolute atomic E-state index is 12.4. The molecular weight excluding hydrogens is 392 g/mol. The standard InChI is InChI=1S/C17H13ClN4O2S2/c1-10-7-14-17(19-9-10)21-16(20-14)12-8-11(4-5-13(12)18)22-26(23,24)15-3-2-6-25-15/h2-9,22H,1H3,(H,19,20,21). The number of anilines is 1. The van der Waals surface area contributed by atoms with Gasteiger partial charge in [0.15, 0.2) is 5.65 Å². The van der Waals surface area contributed by atoms with Crippen LogP contribution in [-0.2, 0) is 10.0 Å². The molecule has 0 aliphatic carbocycles. The zero-order valence-corrected chi connectivity index (χ0v) is 15.9. The van der Waals surface area contributed by atoms with Crippen LogP contribution < -0.4 is 4.72 Å². The number of nitrogens with one attached hydrogen (secondary N) is 2. The molecule has 0 fully saturated rings. The summed E-state index contributed by atoms with van der Waals surface area (Å²) in [7, 11) is -3.63. The molecule has 1 aromatic carbocycles. The van der Waals surface area contributed by atoms with Crippen molar-refractivity contribution in [2.24, 2.45) is 0 Å². The number of imidazole rings is 1. The normalized spacial score (nSPS) is 11.8. The molecule has 4 rings (SSSR count). The van der Waals surface area contributed by atoms with Crippen molar-refractivity contribution >= 4 is 49.8 Å². The first-order valence-electron chi connectivity index (χ1n) is 7.61. The molecule has 0 spiro atoms. The van der Waals surface area contributed by atoms with Gasteiger partial charge in [-0.25, -0.2) is 18.4 Å². The summed E-state index contributed by atoms with van der Waals surface area (Å²) in [6, 6.07) is 10.1. The van der Waals surface area contributed by atoms with Crippen LogP contribution >= 0.6 is 22.9 Å². The van der Waals surface area contributed by atoms with Gasteiger partial charge in [-0.1, -0.05) is 17.7 Å². The van der Waals surface area contributed by atoms with Crippen molar-refractivity contribution in [2.75, 3.05) is 4.72 Å². The maximum atomic E-state index is 12.4. The quantitative estimate of drug-likeness (QED) is 0.526. The van der Waals surface area contributed by atoms with Crippen LogP contribution in [0.4, 0.5) is 5.69 Å². The van der Waals surface area contributed by atoms with E-state index in [0.29, 0.717) is 27.7 Å². The van der Waals surface area contributed by atoms with Gasteiger partial charge in [0.05, 0.1) is 10.5 Å². The summed E-state index contributed by atoms with van der Waals surface area (Å²) in [5.41, 5.74) is 3.37. The molecule has 0 bridgehead atoms. The zero-order chi connectivity index (χ0) is 18.3. The first-order chi connectivity index (χ1) is 12.4. The lowest BCUT2D eigenvalue weighted by Gasteiger charge is -2.08. The molecule has 0 unspecified atom stereocenters. The van der Waals surface area contributed by atoms with E-state index in [1.165, 1.54) is 0 Å². The van der Waals surface area contributed by atoms with Crippen LogP contribution in [0, 0.1) is 6.92 Å². The van der Waals surface area contributed by atoms with Crippen molar-refractivity contribution in [1.29, 1.82) is 0 Å². The number of fused-ring (bicyclic) bond motifs is 1. The van der Waals surface area contributed by atoms with Gasteiger partial charge in [-0.2, -0.15) is 0 Å². The Kier molecular flexibility index (Phi) is 4.18. The number of rotatable bonds is 4. The van der Waals surface area contributed by atoms with E-state index in [1.54, 1.807) is 41.9 Å². The molecule has 3 aromatic heterocycles. The number of aromatic amines is 1. The Morgan fingerprint density at radius 3 is 2.85 bits per heavy atom. The van der Waals surface area contributed by atoms with Gasteiger partial charge in [0.25, 0.3) is 10.0 Å². The van der Waals surface area contributed by atoms with Crippen LogP contribution in [0.3, 0.4) is 0 Å². The highest BCUT2D eigenvalue weighted by molar-refractivity contribution is 7.94. The van der Waals surface area contributed by atoms with Crippen LogP contribution in [0.15, 0.2) is 52.2 Å². The molecule has 6 nitrogen and oxygen atoms in total. The second kappa shape index (κ2) is 6.39. The molecule has 132 valence electrons. The van der Waals surface area contributed by atoms with Crippen LogP contribution in [0.1, 0.15) is 5.56 Å². The number of benzene rings is 1. The molecule has 2 N–H and O–H groups in total. The lowest BCUT2D eigenvalue weighted by Crippen LogP contribution is -2.11. The second-order valence-electron chi connectivity index (χ2n) is 5.70. The van der Waals surface area contributed by atoms with E-state index in [4.69, 9.17) is 11.6 Å². The first-order valence-corrected chi connectivity index (χ1v) is 10.3. The molecule has 4 aromatic rings. The summed E-state index contributed by atoms with van der Waals surface area (Å²) in [4.78, 5) is 11.9. The average Bonchev–Trinajstić information content (AvgIpc) is 3.25. The number of hydrogen-bond acceptors (Lipinski definition) is 5. The number of hydrogen-bond donors (Lipinski definition) is 2. The summed E-state index contributed by atoms with van der Waals surface area (Å²) in [6.45, 7) is 1.94. The Morgan fingerprint density at radius 1 is 1.23 bits per heavy atom. The van der Waals surface area contributed by atoms with E-state index in [2.05, 4.69) is 19.7 Å². The molecule has 0 amide bonds. The highest BCUT2D eigenvalue weighted by Gasteiger charge is 2.17. The number of pyridine rings is 1. The molecule has 3 heterocycles. The van der Waals surface area contributed by atoms with Gasteiger partial charge in [-0.15, -0.1) is 11.3 Å². The number of aryl methyl sites for hydroxylation is 1. The fraction of sp³-hybridized carbons (Fsp3) is 0.0588. The molecule has 9 heteroatoms. The number of halogens is 1. The predicted octanol–water partition coefficient (Wildman–Crippen LogP) is 4.45. The van der Waals surface area contributed by atoms with E-state index in [1.807, 2.05) is 13.0 Å². The Labute approximate surface area is 158 Å². The van der Waals surface area contributed by atoms with Crippen molar-refractivity contribution in [2.45, 2.75) is 11.1 Å². The van der Waals surface area contributed by atoms with Gasteiger partial charge in [0.2, 0.25) is 0 Å². The molecule has 0 saturated heterocycles. The lowest BCUT2D eigenvalue weighted by atomic mass is 10.2. The van der Waals surface area contributed by atoms with Crippen LogP contribution in [0.5, 0.6) is 0 Å². The number of aromatic nitrogens is 3. The topological polar surface area (TPSA) is 87.7 Å². The van der Waals surface area contributed by atoms with Gasteiger partial charge in [-0.3, -0.25) is 4.72 Å². The lowest BCUT2D eigenvalue weighted by molar-refractivity contribution is 0.603. The maximum Gasteiger partial charge on any atom is 0.271 e. The fourth-order valence-electron chi connectivity index (χ4n) is 2.52. The van der Waals surface area contributed by atoms with Gasteiger partial charge in [0.1, 0.15) is 10.0 Å². The third-order valence-corrected chi connectivity index (χ3v) is 6.82. The van der Waals surface area contributed by atoms with Crippen molar-refractivity contribution in [3.8, 4) is 11.4 Å². The van der Waals surface area contributed by atoms with Crippen LogP contribution in [0.25, 0.3) is 22.6 Å². The van der Waals surface area contributed by atoms with Crippen LogP contribution in [-0.4, -0.2) is 23.4 Å². The molecular formula is C17H13ClN4O2S2. The zero-order valence-electron chi connectivity index (χ0n) is 13.5. The number of nitrogens with zero attached hydrogens (tertiary/aromatic N) is 2. The second-order valence-corrected chi connectivity index (χ2v) is 8.97. The summed E-state index contributed by atoms with van der Waals surface area (Å²) >= 11 is 7.46. The Balaban J connectivity index is 1.74. The molecule has 0 aliphatic rings. The Bertz CT molecular complexity index is 1200. The number of H-pyrrole nitrogens is 1. The summed E-state index contributed by atoms with van der Waals surface area (Å²) in [6.07, 6.45) is 1.74. The minimum Gasteiger partial charge on any atom is -0.337 e. The Morgan fingerprint density at radius 2 is 2.08 bits per heavy atom. The molecule has 0 saturated carbocycles. The Hall–Kier alpha value is -2.42. The third kappa shape index (κ3) is 3.18. The minimum absolute atomic E-state index is 0.248. The molecule has 26 heavy (non-hydrogen) atoms. The smallest absolute Gasteiger partial charge is 0.271 e. The van der Waals surface area contributed by atoms with Crippen LogP contribution in [0.2, 0.25) is 5.02 Å². The van der Waals surface area contributed by atoms with E-state index >= 15 is 0 Å². The van der Waals surface area contributed by atoms with Gasteiger partial charge in [0, 0.05) is 17.4 Å². The number of sulfonamides is 1. The summed E-state index contributed by atoms with van der Waals surface area (Å²) in [5, 5.41) is 2.17. The SMILES string of the molecule is Cc1cnc2nc(-c3cc(NS(=O)(=O)c4cccs4)ccc3Cl)[nH]c2c1. The number of thiophene rings is 1. The van der Waals surface area contributed by atoms with Crippen molar-refractivity contribution < 1.29 is 8.42 Å². The molecule has 0 atom stereocenters. The predicted molar refractivity (Wildman–Crippen MR) is 104 cm³/mol. The first kappa shape index (κ1) is 17.0. The molecule has 0 aliphatic heterocycles. The van der Waals surface area contributed by atoms with E-state index < -0.39 is 10.0 Å². The highest BCUT2D eigenvalue weighted by atomic mass is 35.5. The van der Waals surface area contributed by atoms with Gasteiger partial charge < -0.3 is 4.98 Å². The summed E-state index contributed by atoms with van der Waals surface area (Å²) in [5.74, 6) is 0.528. The van der Waals surface area contributed by atoms with Gasteiger partial charge >= 0.3 is 0 Å². The van der Waals surface area contributed by atoms with E-state index in [9.17, 15) is 8.42 Å². The van der Waals surface area contributed by atoms with Crippen molar-refractivity contribution in [3.63, 3.8) is 0 Å². The van der Waals surface area contributed by atoms with E-state index in [0.717, 1.165) is 22.4 Å².